The predicted octanol–water partition coefficient (Wildman–Crippen LogP) is 6.77. The van der Waals surface area contributed by atoms with Crippen molar-refractivity contribution in [3.05, 3.63) is 22.2 Å². The van der Waals surface area contributed by atoms with Crippen molar-refractivity contribution in [3.63, 3.8) is 0 Å². The molecule has 0 amide bonds. The molecular weight excluding hydrogens is 303 g/mol. The Kier molecular flexibility index (Phi) is 5.39. The minimum absolute atomic E-state index is 0.113. The zero-order chi connectivity index (χ0) is 14.1. The summed E-state index contributed by atoms with van der Waals surface area (Å²) in [6.07, 6.45) is 0. The van der Waals surface area contributed by atoms with Crippen LogP contribution in [0.1, 0.15) is 41.5 Å². The Hall–Kier alpha value is 0.500. The molecule has 0 spiro atoms. The smallest absolute Gasteiger partial charge is 0.0554 e. The SMILES string of the molecule is CC(C)(C)Sc1c(Cl)ccc(Cl)c1SC(C)(C)C. The number of hydrogen-bond donors (Lipinski definition) is 0. The van der Waals surface area contributed by atoms with E-state index in [9.17, 15) is 0 Å². The quantitative estimate of drug-likeness (QED) is 0.550. The van der Waals surface area contributed by atoms with Crippen molar-refractivity contribution >= 4 is 46.7 Å². The Balaban J connectivity index is 3.25. The van der Waals surface area contributed by atoms with Crippen molar-refractivity contribution in [2.45, 2.75) is 60.8 Å². The first-order valence-electron chi connectivity index (χ1n) is 5.86. The van der Waals surface area contributed by atoms with Crippen LogP contribution >= 0.6 is 46.7 Å². The lowest BCUT2D eigenvalue weighted by Crippen LogP contribution is -2.10. The molecule has 0 heterocycles. The fourth-order valence-corrected chi connectivity index (χ4v) is 4.19. The summed E-state index contributed by atoms with van der Waals surface area (Å²) in [5.41, 5.74) is 0. The summed E-state index contributed by atoms with van der Waals surface area (Å²) in [7, 11) is 0. The summed E-state index contributed by atoms with van der Waals surface area (Å²) in [5, 5.41) is 1.57. The van der Waals surface area contributed by atoms with Crippen molar-refractivity contribution in [1.82, 2.24) is 0 Å². The lowest BCUT2D eigenvalue weighted by Gasteiger charge is -2.25. The molecule has 4 heteroatoms. The van der Waals surface area contributed by atoms with Crippen LogP contribution in [0.4, 0.5) is 0 Å². The van der Waals surface area contributed by atoms with Gasteiger partial charge in [0.25, 0.3) is 0 Å². The van der Waals surface area contributed by atoms with E-state index in [-0.39, 0.29) is 9.49 Å². The second-order valence-corrected chi connectivity index (χ2v) is 10.6. The van der Waals surface area contributed by atoms with Gasteiger partial charge in [0.15, 0.2) is 0 Å². The van der Waals surface area contributed by atoms with E-state index < -0.39 is 0 Å². The van der Waals surface area contributed by atoms with Gasteiger partial charge in [-0.05, 0) is 12.1 Å². The van der Waals surface area contributed by atoms with Gasteiger partial charge in [-0.1, -0.05) is 64.7 Å². The molecule has 0 fully saturated rings. The maximum absolute atomic E-state index is 6.34. The highest BCUT2D eigenvalue weighted by atomic mass is 35.5. The second kappa shape index (κ2) is 5.87. The van der Waals surface area contributed by atoms with Crippen LogP contribution < -0.4 is 0 Å². The van der Waals surface area contributed by atoms with Crippen molar-refractivity contribution in [2.24, 2.45) is 0 Å². The highest BCUT2D eigenvalue weighted by Gasteiger charge is 2.23. The molecule has 0 aliphatic heterocycles. The maximum atomic E-state index is 6.34. The van der Waals surface area contributed by atoms with Gasteiger partial charge in [-0.2, -0.15) is 0 Å². The van der Waals surface area contributed by atoms with Crippen molar-refractivity contribution in [2.75, 3.05) is 0 Å². The molecule has 0 atom stereocenters. The third-order valence-electron chi connectivity index (χ3n) is 1.83. The lowest BCUT2D eigenvalue weighted by molar-refractivity contribution is 0.794. The highest BCUT2D eigenvalue weighted by molar-refractivity contribution is 8.03. The van der Waals surface area contributed by atoms with E-state index in [4.69, 9.17) is 23.2 Å². The average Bonchev–Trinajstić information content (AvgIpc) is 2.14. The maximum Gasteiger partial charge on any atom is 0.0554 e. The van der Waals surface area contributed by atoms with Crippen LogP contribution in [0.3, 0.4) is 0 Å². The van der Waals surface area contributed by atoms with E-state index in [1.165, 1.54) is 0 Å². The molecule has 0 saturated carbocycles. The fourth-order valence-electron chi connectivity index (χ4n) is 1.32. The van der Waals surface area contributed by atoms with Crippen LogP contribution in [0.2, 0.25) is 10.0 Å². The first kappa shape index (κ1) is 16.6. The average molecular weight is 323 g/mol. The molecule has 1 rings (SSSR count). The molecule has 0 aromatic heterocycles. The molecule has 0 aliphatic rings. The molecule has 1 aromatic rings. The summed E-state index contributed by atoms with van der Waals surface area (Å²) in [4.78, 5) is 2.19. The molecule has 0 radical (unpaired) electrons. The summed E-state index contributed by atoms with van der Waals surface area (Å²) in [6, 6.07) is 3.76. The predicted molar refractivity (Wildman–Crippen MR) is 87.7 cm³/mol. The Bertz CT molecular complexity index is 388. The topological polar surface area (TPSA) is 0 Å². The number of thioether (sulfide) groups is 2. The Morgan fingerprint density at radius 2 is 1.00 bits per heavy atom. The van der Waals surface area contributed by atoms with E-state index in [2.05, 4.69) is 41.5 Å². The summed E-state index contributed by atoms with van der Waals surface area (Å²) >= 11 is 16.2. The summed E-state index contributed by atoms with van der Waals surface area (Å²) in [6.45, 7) is 13.1. The second-order valence-electron chi connectivity index (χ2n) is 6.12. The van der Waals surface area contributed by atoms with Crippen LogP contribution in [0.25, 0.3) is 0 Å². The molecule has 0 bridgehead atoms. The first-order chi connectivity index (χ1) is 7.99. The molecule has 0 unspecified atom stereocenters. The standard InChI is InChI=1S/C14H20Cl2S2/c1-13(2,3)17-11-9(15)7-8-10(16)12(11)18-14(4,5)6/h7-8H,1-6H3. The number of hydrogen-bond acceptors (Lipinski definition) is 2. The first-order valence-corrected chi connectivity index (χ1v) is 8.24. The van der Waals surface area contributed by atoms with Crippen LogP contribution in [0.5, 0.6) is 0 Å². The molecule has 0 saturated heterocycles. The molecule has 0 N–H and O–H groups in total. The minimum atomic E-state index is 0.113. The monoisotopic (exact) mass is 322 g/mol. The fraction of sp³-hybridized carbons (Fsp3) is 0.571. The number of rotatable bonds is 2. The van der Waals surface area contributed by atoms with Gasteiger partial charge >= 0.3 is 0 Å². The van der Waals surface area contributed by atoms with E-state index in [1.54, 1.807) is 23.5 Å². The third-order valence-corrected chi connectivity index (χ3v) is 5.30. The van der Waals surface area contributed by atoms with Crippen LogP contribution in [-0.2, 0) is 0 Å². The van der Waals surface area contributed by atoms with Gasteiger partial charge in [-0.25, -0.2) is 0 Å². The highest BCUT2D eigenvalue weighted by Crippen LogP contribution is 2.48. The lowest BCUT2D eigenvalue weighted by atomic mass is 10.3. The third kappa shape index (κ3) is 5.24. The van der Waals surface area contributed by atoms with E-state index >= 15 is 0 Å². The van der Waals surface area contributed by atoms with E-state index in [0.717, 1.165) is 19.8 Å². The number of benzene rings is 1. The van der Waals surface area contributed by atoms with Gasteiger partial charge in [-0.3, -0.25) is 0 Å². The molecule has 18 heavy (non-hydrogen) atoms. The van der Waals surface area contributed by atoms with Gasteiger partial charge in [-0.15, -0.1) is 23.5 Å². The van der Waals surface area contributed by atoms with Crippen molar-refractivity contribution in [3.8, 4) is 0 Å². The van der Waals surface area contributed by atoms with E-state index in [0.29, 0.717) is 0 Å². The van der Waals surface area contributed by atoms with Crippen LogP contribution in [0.15, 0.2) is 21.9 Å². The van der Waals surface area contributed by atoms with Gasteiger partial charge in [0, 0.05) is 19.3 Å². The van der Waals surface area contributed by atoms with Crippen LogP contribution in [0, 0.1) is 0 Å². The Morgan fingerprint density at radius 3 is 1.22 bits per heavy atom. The van der Waals surface area contributed by atoms with Crippen LogP contribution in [-0.4, -0.2) is 9.49 Å². The molecule has 0 nitrogen and oxygen atoms in total. The minimum Gasteiger partial charge on any atom is -0.117 e. The Labute approximate surface area is 129 Å². The van der Waals surface area contributed by atoms with Gasteiger partial charge in [0.05, 0.1) is 10.0 Å². The van der Waals surface area contributed by atoms with Gasteiger partial charge in [0.2, 0.25) is 0 Å². The van der Waals surface area contributed by atoms with Crippen molar-refractivity contribution < 1.29 is 0 Å². The number of halogens is 2. The Morgan fingerprint density at radius 1 is 0.722 bits per heavy atom. The summed E-state index contributed by atoms with van der Waals surface area (Å²) < 4.78 is 0.225. The molecule has 1 aromatic carbocycles. The normalized spacial score (nSPS) is 12.9. The van der Waals surface area contributed by atoms with Crippen molar-refractivity contribution in [1.29, 1.82) is 0 Å². The molecule has 0 aliphatic carbocycles. The summed E-state index contributed by atoms with van der Waals surface area (Å²) in [5.74, 6) is 0. The van der Waals surface area contributed by atoms with Gasteiger partial charge in [0.1, 0.15) is 0 Å². The van der Waals surface area contributed by atoms with E-state index in [1.807, 2.05) is 12.1 Å². The largest absolute Gasteiger partial charge is 0.117 e. The zero-order valence-electron chi connectivity index (χ0n) is 11.7. The molecule has 102 valence electrons. The zero-order valence-corrected chi connectivity index (χ0v) is 14.9. The molecular formula is C14H20Cl2S2. The van der Waals surface area contributed by atoms with Gasteiger partial charge < -0.3 is 0 Å².